The number of ether oxygens (including phenoxy) is 1. The molecule has 0 aromatic heterocycles. The third-order valence-electron chi connectivity index (χ3n) is 4.06. The lowest BCUT2D eigenvalue weighted by atomic mass is 9.81. The minimum Gasteiger partial charge on any atom is -0.389 e. The highest BCUT2D eigenvalue weighted by atomic mass is 16.5. The zero-order valence-corrected chi connectivity index (χ0v) is 11.0. The van der Waals surface area contributed by atoms with Crippen LogP contribution in [0.3, 0.4) is 0 Å². The van der Waals surface area contributed by atoms with Gasteiger partial charge in [-0.3, -0.25) is 0 Å². The lowest BCUT2D eigenvalue weighted by molar-refractivity contribution is -0.0656. The van der Waals surface area contributed by atoms with Crippen molar-refractivity contribution in [1.82, 2.24) is 0 Å². The van der Waals surface area contributed by atoms with Gasteiger partial charge in [0.05, 0.1) is 11.7 Å². The molecular weight excluding hydrogens is 224 g/mol. The van der Waals surface area contributed by atoms with E-state index < -0.39 is 5.60 Å². The largest absolute Gasteiger partial charge is 0.389 e. The molecule has 0 unspecified atom stereocenters. The van der Waals surface area contributed by atoms with E-state index in [1.807, 2.05) is 24.3 Å². The third kappa shape index (κ3) is 2.50. The van der Waals surface area contributed by atoms with Gasteiger partial charge in [0.2, 0.25) is 0 Å². The van der Waals surface area contributed by atoms with Crippen molar-refractivity contribution >= 4 is 0 Å². The molecule has 18 heavy (non-hydrogen) atoms. The molecule has 1 aromatic rings. The Morgan fingerprint density at radius 3 is 2.83 bits per heavy atom. The fraction of sp³-hybridized carbons (Fsp3) is 0.500. The maximum atomic E-state index is 10.8. The van der Waals surface area contributed by atoms with Crippen LogP contribution in [-0.4, -0.2) is 17.8 Å². The fourth-order valence-corrected chi connectivity index (χ4v) is 3.19. The zero-order valence-electron chi connectivity index (χ0n) is 11.0. The van der Waals surface area contributed by atoms with E-state index in [4.69, 9.17) is 4.74 Å². The Balaban J connectivity index is 2.25. The van der Waals surface area contributed by atoms with Gasteiger partial charge in [-0.25, -0.2) is 0 Å². The van der Waals surface area contributed by atoms with Crippen molar-refractivity contribution in [2.75, 3.05) is 7.11 Å². The van der Waals surface area contributed by atoms with Crippen molar-refractivity contribution in [2.24, 2.45) is 5.92 Å². The van der Waals surface area contributed by atoms with Gasteiger partial charge in [-0.2, -0.15) is 0 Å². The summed E-state index contributed by atoms with van der Waals surface area (Å²) in [7, 11) is 1.73. The van der Waals surface area contributed by atoms with Gasteiger partial charge in [0.25, 0.3) is 0 Å². The van der Waals surface area contributed by atoms with Crippen molar-refractivity contribution in [2.45, 2.75) is 37.4 Å². The lowest BCUT2D eigenvalue weighted by Crippen LogP contribution is -2.36. The van der Waals surface area contributed by atoms with E-state index in [1.165, 1.54) is 0 Å². The minimum atomic E-state index is -0.654. The summed E-state index contributed by atoms with van der Waals surface area (Å²) >= 11 is 0. The summed E-state index contributed by atoms with van der Waals surface area (Å²) < 4.78 is 5.67. The molecular formula is C16H22O2. The van der Waals surface area contributed by atoms with Crippen LogP contribution >= 0.6 is 0 Å². The first-order valence-corrected chi connectivity index (χ1v) is 6.62. The van der Waals surface area contributed by atoms with Gasteiger partial charge in [0.1, 0.15) is 0 Å². The number of aliphatic hydroxyl groups is 1. The Morgan fingerprint density at radius 1 is 1.50 bits per heavy atom. The highest BCUT2D eigenvalue weighted by Crippen LogP contribution is 2.46. The summed E-state index contributed by atoms with van der Waals surface area (Å²) in [6, 6.07) is 10.2. The molecule has 1 aromatic carbocycles. The molecule has 2 heteroatoms. The first-order valence-electron chi connectivity index (χ1n) is 6.62. The highest BCUT2D eigenvalue weighted by Gasteiger charge is 2.44. The van der Waals surface area contributed by atoms with E-state index in [1.54, 1.807) is 7.11 Å². The van der Waals surface area contributed by atoms with Crippen LogP contribution in [0.2, 0.25) is 0 Å². The van der Waals surface area contributed by atoms with Gasteiger partial charge in [0.15, 0.2) is 0 Å². The Morgan fingerprint density at radius 2 is 2.22 bits per heavy atom. The second-order valence-electron chi connectivity index (χ2n) is 5.16. The van der Waals surface area contributed by atoms with Gasteiger partial charge in [0, 0.05) is 13.0 Å². The molecule has 1 N–H and O–H groups in total. The molecule has 0 heterocycles. The monoisotopic (exact) mass is 246 g/mol. The SMILES string of the molecule is C=CC[C@]1(O)CCC[C@H]1[C@H](OC)c1ccccc1. The van der Waals surface area contributed by atoms with Gasteiger partial charge in [-0.05, 0) is 24.8 Å². The molecule has 0 spiro atoms. The number of hydrogen-bond acceptors (Lipinski definition) is 2. The molecule has 1 aliphatic rings. The average Bonchev–Trinajstić information content (AvgIpc) is 2.74. The maximum absolute atomic E-state index is 10.8. The van der Waals surface area contributed by atoms with Crippen LogP contribution in [0.15, 0.2) is 43.0 Å². The smallest absolute Gasteiger partial charge is 0.0876 e. The molecule has 3 atom stereocenters. The van der Waals surface area contributed by atoms with Crippen molar-refractivity contribution < 1.29 is 9.84 Å². The van der Waals surface area contributed by atoms with Crippen molar-refractivity contribution in [1.29, 1.82) is 0 Å². The quantitative estimate of drug-likeness (QED) is 0.806. The van der Waals surface area contributed by atoms with Crippen LogP contribution in [-0.2, 0) is 4.74 Å². The molecule has 0 amide bonds. The van der Waals surface area contributed by atoms with E-state index >= 15 is 0 Å². The van der Waals surface area contributed by atoms with Crippen LogP contribution in [0, 0.1) is 5.92 Å². The molecule has 0 saturated heterocycles. The van der Waals surface area contributed by atoms with E-state index in [0.29, 0.717) is 6.42 Å². The summed E-state index contributed by atoms with van der Waals surface area (Å²) in [6.45, 7) is 3.76. The summed E-state index contributed by atoms with van der Waals surface area (Å²) in [5, 5.41) is 10.8. The van der Waals surface area contributed by atoms with Crippen LogP contribution in [0.1, 0.15) is 37.4 Å². The predicted molar refractivity (Wildman–Crippen MR) is 73.3 cm³/mol. The molecule has 1 aliphatic carbocycles. The molecule has 0 aliphatic heterocycles. The molecule has 2 nitrogen and oxygen atoms in total. The average molecular weight is 246 g/mol. The van der Waals surface area contributed by atoms with Crippen LogP contribution in [0.5, 0.6) is 0 Å². The molecule has 1 saturated carbocycles. The first kappa shape index (κ1) is 13.3. The summed E-state index contributed by atoms with van der Waals surface area (Å²) in [4.78, 5) is 0. The van der Waals surface area contributed by atoms with Gasteiger partial charge in [-0.1, -0.05) is 42.8 Å². The Bertz CT molecular complexity index is 387. The fourth-order valence-electron chi connectivity index (χ4n) is 3.19. The third-order valence-corrected chi connectivity index (χ3v) is 4.06. The standard InChI is InChI=1S/C16H22O2/c1-3-11-16(17)12-7-10-14(16)15(18-2)13-8-5-4-6-9-13/h3-6,8-9,14-15,17H,1,7,10-12H2,2H3/t14-,15+,16-/m0/s1. The Hall–Kier alpha value is -1.12. The number of benzene rings is 1. The van der Waals surface area contributed by atoms with Crippen LogP contribution < -0.4 is 0 Å². The normalized spacial score (nSPS) is 29.1. The maximum Gasteiger partial charge on any atom is 0.0876 e. The van der Waals surface area contributed by atoms with E-state index in [9.17, 15) is 5.11 Å². The summed E-state index contributed by atoms with van der Waals surface area (Å²) in [6.07, 6.45) is 5.34. The van der Waals surface area contributed by atoms with E-state index in [0.717, 1.165) is 24.8 Å². The van der Waals surface area contributed by atoms with Gasteiger partial charge >= 0.3 is 0 Å². The molecule has 98 valence electrons. The van der Waals surface area contributed by atoms with Gasteiger partial charge in [-0.15, -0.1) is 6.58 Å². The molecule has 0 radical (unpaired) electrons. The van der Waals surface area contributed by atoms with E-state index in [2.05, 4.69) is 18.7 Å². The molecule has 1 fully saturated rings. The van der Waals surface area contributed by atoms with E-state index in [-0.39, 0.29) is 12.0 Å². The summed E-state index contributed by atoms with van der Waals surface area (Å²) in [5.74, 6) is 0.155. The second kappa shape index (κ2) is 5.68. The highest BCUT2D eigenvalue weighted by molar-refractivity contribution is 5.20. The zero-order chi connectivity index (χ0) is 13.0. The minimum absolute atomic E-state index is 0.0290. The lowest BCUT2D eigenvalue weighted by Gasteiger charge is -2.34. The Labute approximate surface area is 109 Å². The van der Waals surface area contributed by atoms with Gasteiger partial charge < -0.3 is 9.84 Å². The van der Waals surface area contributed by atoms with Crippen molar-refractivity contribution in [3.8, 4) is 0 Å². The predicted octanol–water partition coefficient (Wildman–Crippen LogP) is 3.48. The second-order valence-corrected chi connectivity index (χ2v) is 5.16. The molecule has 0 bridgehead atoms. The summed E-state index contributed by atoms with van der Waals surface area (Å²) in [5.41, 5.74) is 0.493. The van der Waals surface area contributed by atoms with Crippen molar-refractivity contribution in [3.63, 3.8) is 0 Å². The Kier molecular flexibility index (Phi) is 4.20. The first-order chi connectivity index (χ1) is 8.71. The molecule has 2 rings (SSSR count). The van der Waals surface area contributed by atoms with Crippen LogP contribution in [0.4, 0.5) is 0 Å². The number of rotatable bonds is 5. The number of hydrogen-bond donors (Lipinski definition) is 1. The topological polar surface area (TPSA) is 29.5 Å². The van der Waals surface area contributed by atoms with Crippen LogP contribution in [0.25, 0.3) is 0 Å². The number of methoxy groups -OCH3 is 1. The van der Waals surface area contributed by atoms with Crippen molar-refractivity contribution in [3.05, 3.63) is 48.6 Å².